The fourth-order valence-corrected chi connectivity index (χ4v) is 2.19. The van der Waals surface area contributed by atoms with Crippen molar-refractivity contribution < 1.29 is 4.74 Å². The van der Waals surface area contributed by atoms with Crippen LogP contribution in [0.3, 0.4) is 0 Å². The van der Waals surface area contributed by atoms with Crippen LogP contribution in [0.4, 0.5) is 0 Å². The number of rotatable bonds is 1. The Hall–Kier alpha value is 0.210. The van der Waals surface area contributed by atoms with Gasteiger partial charge in [-0.2, -0.15) is 0 Å². The molecule has 1 atom stereocenters. The van der Waals surface area contributed by atoms with Crippen LogP contribution in [0.25, 0.3) is 0 Å². The van der Waals surface area contributed by atoms with Gasteiger partial charge in [-0.1, -0.05) is 0 Å². The molecule has 0 saturated carbocycles. The average Bonchev–Trinajstić information content (AvgIpc) is 2.58. The minimum atomic E-state index is 0. The Labute approximate surface area is 80.5 Å². The number of hydrogen-bond donors (Lipinski definition) is 1. The summed E-state index contributed by atoms with van der Waals surface area (Å²) < 4.78 is 5.66. The van der Waals surface area contributed by atoms with E-state index >= 15 is 0 Å². The molecule has 2 nitrogen and oxygen atoms in total. The zero-order valence-corrected chi connectivity index (χ0v) is 8.24. The summed E-state index contributed by atoms with van der Waals surface area (Å²) in [4.78, 5) is 0. The Morgan fingerprint density at radius 1 is 1.08 bits per heavy atom. The van der Waals surface area contributed by atoms with Crippen molar-refractivity contribution >= 4 is 12.4 Å². The second-order valence-corrected chi connectivity index (χ2v) is 3.64. The molecule has 2 rings (SSSR count). The lowest BCUT2D eigenvalue weighted by Crippen LogP contribution is -2.33. The number of hydrogen-bond acceptors (Lipinski definition) is 2. The standard InChI is InChI=1S/C9H17NO.ClH/c1-2-9(11-7-1)8-3-5-10-6-4-8;/h8-10H,1-7H2;1H. The predicted molar refractivity (Wildman–Crippen MR) is 51.8 cm³/mol. The summed E-state index contributed by atoms with van der Waals surface area (Å²) in [5, 5.41) is 3.38. The van der Waals surface area contributed by atoms with Crippen molar-refractivity contribution in [2.24, 2.45) is 5.92 Å². The van der Waals surface area contributed by atoms with Gasteiger partial charge in [0.15, 0.2) is 0 Å². The lowest BCUT2D eigenvalue weighted by atomic mass is 9.91. The second-order valence-electron chi connectivity index (χ2n) is 3.64. The molecule has 0 amide bonds. The van der Waals surface area contributed by atoms with Gasteiger partial charge in [0.25, 0.3) is 0 Å². The third-order valence-corrected chi connectivity index (χ3v) is 2.87. The molecular weight excluding hydrogens is 174 g/mol. The smallest absolute Gasteiger partial charge is 0.0605 e. The largest absolute Gasteiger partial charge is 0.378 e. The van der Waals surface area contributed by atoms with Gasteiger partial charge in [0.05, 0.1) is 6.10 Å². The molecule has 2 aliphatic heterocycles. The molecule has 1 unspecified atom stereocenters. The van der Waals surface area contributed by atoms with Crippen LogP contribution >= 0.6 is 12.4 Å². The van der Waals surface area contributed by atoms with Crippen molar-refractivity contribution in [3.05, 3.63) is 0 Å². The van der Waals surface area contributed by atoms with E-state index in [4.69, 9.17) is 4.74 Å². The molecule has 2 fully saturated rings. The van der Waals surface area contributed by atoms with Crippen LogP contribution in [-0.2, 0) is 4.74 Å². The van der Waals surface area contributed by atoms with Crippen LogP contribution in [0.2, 0.25) is 0 Å². The first-order valence-corrected chi connectivity index (χ1v) is 4.79. The number of piperidine rings is 1. The van der Waals surface area contributed by atoms with Gasteiger partial charge in [-0.15, -0.1) is 12.4 Å². The molecule has 2 heterocycles. The minimum absolute atomic E-state index is 0. The lowest BCUT2D eigenvalue weighted by Gasteiger charge is -2.27. The maximum Gasteiger partial charge on any atom is 0.0605 e. The molecule has 1 N–H and O–H groups in total. The molecule has 3 heteroatoms. The Morgan fingerprint density at radius 3 is 2.42 bits per heavy atom. The van der Waals surface area contributed by atoms with Gasteiger partial charge in [0.1, 0.15) is 0 Å². The molecule has 2 aliphatic rings. The summed E-state index contributed by atoms with van der Waals surface area (Å²) in [6.07, 6.45) is 5.85. The minimum Gasteiger partial charge on any atom is -0.378 e. The van der Waals surface area contributed by atoms with E-state index in [1.54, 1.807) is 0 Å². The van der Waals surface area contributed by atoms with E-state index in [9.17, 15) is 0 Å². The molecule has 0 spiro atoms. The van der Waals surface area contributed by atoms with Gasteiger partial charge < -0.3 is 10.1 Å². The highest BCUT2D eigenvalue weighted by atomic mass is 35.5. The molecule has 2 saturated heterocycles. The fraction of sp³-hybridized carbons (Fsp3) is 1.00. The van der Waals surface area contributed by atoms with Crippen molar-refractivity contribution in [1.29, 1.82) is 0 Å². The Morgan fingerprint density at radius 2 is 1.83 bits per heavy atom. The van der Waals surface area contributed by atoms with E-state index in [-0.39, 0.29) is 12.4 Å². The van der Waals surface area contributed by atoms with Gasteiger partial charge >= 0.3 is 0 Å². The normalized spacial score (nSPS) is 31.5. The first kappa shape index (κ1) is 10.3. The van der Waals surface area contributed by atoms with Gasteiger partial charge in [0, 0.05) is 6.61 Å². The van der Waals surface area contributed by atoms with E-state index in [1.165, 1.54) is 38.8 Å². The fourth-order valence-electron chi connectivity index (χ4n) is 2.19. The van der Waals surface area contributed by atoms with Gasteiger partial charge in [-0.25, -0.2) is 0 Å². The van der Waals surface area contributed by atoms with Crippen molar-refractivity contribution in [3.63, 3.8) is 0 Å². The van der Waals surface area contributed by atoms with Crippen LogP contribution in [0.15, 0.2) is 0 Å². The molecule has 0 aromatic heterocycles. The van der Waals surface area contributed by atoms with Gasteiger partial charge in [-0.3, -0.25) is 0 Å². The molecule has 72 valence electrons. The van der Waals surface area contributed by atoms with Crippen LogP contribution in [0, 0.1) is 5.92 Å². The molecular formula is C9H18ClNO. The summed E-state index contributed by atoms with van der Waals surface area (Å²) in [7, 11) is 0. The molecule has 12 heavy (non-hydrogen) atoms. The third-order valence-electron chi connectivity index (χ3n) is 2.87. The first-order chi connectivity index (χ1) is 5.47. The Bertz CT molecular complexity index is 120. The first-order valence-electron chi connectivity index (χ1n) is 4.79. The maximum absolute atomic E-state index is 5.66. The van der Waals surface area contributed by atoms with E-state index in [0.29, 0.717) is 6.10 Å². The number of ether oxygens (including phenoxy) is 1. The van der Waals surface area contributed by atoms with E-state index in [0.717, 1.165) is 12.5 Å². The zero-order valence-electron chi connectivity index (χ0n) is 7.42. The van der Waals surface area contributed by atoms with E-state index in [2.05, 4.69) is 5.32 Å². The Balaban J connectivity index is 0.000000720. The zero-order chi connectivity index (χ0) is 7.52. The van der Waals surface area contributed by atoms with Crippen LogP contribution in [-0.4, -0.2) is 25.8 Å². The van der Waals surface area contributed by atoms with Gasteiger partial charge in [0.2, 0.25) is 0 Å². The monoisotopic (exact) mass is 191 g/mol. The molecule has 0 aliphatic carbocycles. The second kappa shape index (κ2) is 5.05. The molecule has 0 aromatic carbocycles. The van der Waals surface area contributed by atoms with Crippen LogP contribution < -0.4 is 5.32 Å². The van der Waals surface area contributed by atoms with Gasteiger partial charge in [-0.05, 0) is 44.7 Å². The van der Waals surface area contributed by atoms with Crippen molar-refractivity contribution in [1.82, 2.24) is 5.32 Å². The van der Waals surface area contributed by atoms with E-state index < -0.39 is 0 Å². The Kier molecular flexibility index (Phi) is 4.33. The van der Waals surface area contributed by atoms with Crippen LogP contribution in [0.1, 0.15) is 25.7 Å². The summed E-state index contributed by atoms with van der Waals surface area (Å²) >= 11 is 0. The molecule has 0 aromatic rings. The lowest BCUT2D eigenvalue weighted by molar-refractivity contribution is 0.0505. The highest BCUT2D eigenvalue weighted by Gasteiger charge is 2.26. The maximum atomic E-state index is 5.66. The van der Waals surface area contributed by atoms with Crippen molar-refractivity contribution in [2.75, 3.05) is 19.7 Å². The highest BCUT2D eigenvalue weighted by molar-refractivity contribution is 5.85. The third kappa shape index (κ3) is 2.35. The average molecular weight is 192 g/mol. The molecule has 0 bridgehead atoms. The summed E-state index contributed by atoms with van der Waals surface area (Å²) in [6.45, 7) is 3.41. The molecule has 0 radical (unpaired) electrons. The number of nitrogens with one attached hydrogen (secondary N) is 1. The van der Waals surface area contributed by atoms with Crippen molar-refractivity contribution in [3.8, 4) is 0 Å². The highest BCUT2D eigenvalue weighted by Crippen LogP contribution is 2.26. The SMILES string of the molecule is C1COC(C2CCNCC2)C1.Cl. The van der Waals surface area contributed by atoms with Crippen molar-refractivity contribution in [2.45, 2.75) is 31.8 Å². The summed E-state index contributed by atoms with van der Waals surface area (Å²) in [5.74, 6) is 0.860. The topological polar surface area (TPSA) is 21.3 Å². The quantitative estimate of drug-likeness (QED) is 0.680. The predicted octanol–water partition coefficient (Wildman–Crippen LogP) is 1.59. The van der Waals surface area contributed by atoms with E-state index in [1.807, 2.05) is 0 Å². The summed E-state index contributed by atoms with van der Waals surface area (Å²) in [5.41, 5.74) is 0. The summed E-state index contributed by atoms with van der Waals surface area (Å²) in [6, 6.07) is 0. The van der Waals surface area contributed by atoms with Crippen LogP contribution in [0.5, 0.6) is 0 Å². The number of halogens is 1.